The van der Waals surface area contributed by atoms with Crippen LogP contribution in [-0.2, 0) is 23.0 Å². The summed E-state index contributed by atoms with van der Waals surface area (Å²) in [5, 5.41) is 18.6. The minimum absolute atomic E-state index is 0.565. The fourth-order valence-electron chi connectivity index (χ4n) is 3.26. The van der Waals surface area contributed by atoms with Crippen molar-refractivity contribution in [2.24, 2.45) is 0 Å². The second-order valence-electron chi connectivity index (χ2n) is 6.63. The molecule has 0 radical (unpaired) electrons. The topological polar surface area (TPSA) is 151 Å². The molecule has 1 heterocycles. The largest absolute Gasteiger partial charge is 0.507 e. The van der Waals surface area contributed by atoms with Gasteiger partial charge in [-0.05, 0) is 55.5 Å². The summed E-state index contributed by atoms with van der Waals surface area (Å²) in [5.41, 5.74) is 10.1. The standard InChI is InChI=1S/C13H14N2.C7H6O6S/c14-13-9-5-1-3-7-11(9)15-12-8-4-2-6-10(12)13;8-6-2-1-4(14(11,12)13)3-5(6)7(9)10/h1,3,5,7H,2,4,6,8H2,(H2,14,15);1-3,8H,(H,9,10)(H,11,12,13). The first-order valence-electron chi connectivity index (χ1n) is 8.88. The number of benzene rings is 2. The Kier molecular flexibility index (Phi) is 5.71. The number of carbonyl (C=O) groups is 1. The van der Waals surface area contributed by atoms with Gasteiger partial charge in [-0.25, -0.2) is 4.79 Å². The first kappa shape index (κ1) is 20.6. The maximum absolute atomic E-state index is 10.6. The number of nitrogens with two attached hydrogens (primary N) is 1. The fraction of sp³-hybridized carbons (Fsp3) is 0.200. The summed E-state index contributed by atoms with van der Waals surface area (Å²) < 4.78 is 29.8. The number of hydrogen-bond acceptors (Lipinski definition) is 6. The molecule has 4 rings (SSSR count). The minimum atomic E-state index is -4.45. The highest BCUT2D eigenvalue weighted by Gasteiger charge is 2.16. The zero-order chi connectivity index (χ0) is 21.2. The molecule has 0 saturated carbocycles. The minimum Gasteiger partial charge on any atom is -0.507 e. The molecule has 1 aromatic heterocycles. The fourth-order valence-corrected chi connectivity index (χ4v) is 3.76. The Labute approximate surface area is 167 Å². The van der Waals surface area contributed by atoms with Gasteiger partial charge in [-0.3, -0.25) is 9.54 Å². The molecule has 3 aromatic rings. The van der Waals surface area contributed by atoms with Crippen LogP contribution in [0, 0.1) is 0 Å². The van der Waals surface area contributed by atoms with E-state index in [1.54, 1.807) is 0 Å². The highest BCUT2D eigenvalue weighted by molar-refractivity contribution is 7.85. The van der Waals surface area contributed by atoms with Crippen molar-refractivity contribution in [3.63, 3.8) is 0 Å². The summed E-state index contributed by atoms with van der Waals surface area (Å²) in [4.78, 5) is 14.6. The van der Waals surface area contributed by atoms with E-state index in [1.807, 2.05) is 18.2 Å². The molecule has 0 amide bonds. The van der Waals surface area contributed by atoms with Crippen molar-refractivity contribution in [3.8, 4) is 5.75 Å². The van der Waals surface area contributed by atoms with Crippen molar-refractivity contribution in [1.82, 2.24) is 4.98 Å². The lowest BCUT2D eigenvalue weighted by Gasteiger charge is -2.18. The number of para-hydroxylation sites is 1. The van der Waals surface area contributed by atoms with Gasteiger partial charge in [0.2, 0.25) is 0 Å². The third kappa shape index (κ3) is 4.47. The van der Waals surface area contributed by atoms with Gasteiger partial charge in [0.05, 0.1) is 10.4 Å². The van der Waals surface area contributed by atoms with Gasteiger partial charge in [0, 0.05) is 16.8 Å². The average Bonchev–Trinajstić information content (AvgIpc) is 2.68. The van der Waals surface area contributed by atoms with Crippen LogP contribution in [0.3, 0.4) is 0 Å². The van der Waals surface area contributed by atoms with Gasteiger partial charge in [-0.1, -0.05) is 18.2 Å². The Bertz CT molecular complexity index is 1190. The number of phenols is 1. The van der Waals surface area contributed by atoms with Crippen LogP contribution in [-0.4, -0.2) is 34.1 Å². The first-order chi connectivity index (χ1) is 13.7. The first-order valence-corrected chi connectivity index (χ1v) is 10.3. The quantitative estimate of drug-likeness (QED) is 0.465. The van der Waals surface area contributed by atoms with Gasteiger partial charge in [0.15, 0.2) is 0 Å². The molecular formula is C20H20N2O6S. The Balaban J connectivity index is 0.000000166. The second kappa shape index (κ2) is 8.06. The van der Waals surface area contributed by atoms with E-state index in [-0.39, 0.29) is 0 Å². The zero-order valence-electron chi connectivity index (χ0n) is 15.4. The van der Waals surface area contributed by atoms with Gasteiger partial charge < -0.3 is 15.9 Å². The highest BCUT2D eigenvalue weighted by atomic mass is 32.2. The van der Waals surface area contributed by atoms with Crippen LogP contribution in [0.4, 0.5) is 5.69 Å². The zero-order valence-corrected chi connectivity index (χ0v) is 16.2. The van der Waals surface area contributed by atoms with Crippen LogP contribution in [0.5, 0.6) is 5.75 Å². The predicted molar refractivity (Wildman–Crippen MR) is 108 cm³/mol. The molecule has 0 bridgehead atoms. The lowest BCUT2D eigenvalue weighted by molar-refractivity contribution is 0.0693. The van der Waals surface area contributed by atoms with Crippen molar-refractivity contribution in [1.29, 1.82) is 0 Å². The predicted octanol–water partition coefficient (Wildman–Crippen LogP) is 3.03. The molecule has 8 nitrogen and oxygen atoms in total. The molecule has 2 aromatic carbocycles. The van der Waals surface area contributed by atoms with E-state index in [0.717, 1.165) is 41.6 Å². The molecular weight excluding hydrogens is 396 g/mol. The molecule has 0 saturated heterocycles. The van der Waals surface area contributed by atoms with E-state index in [4.69, 9.17) is 25.5 Å². The maximum atomic E-state index is 10.6. The summed E-state index contributed by atoms with van der Waals surface area (Å²) >= 11 is 0. The number of aromatic carboxylic acids is 1. The molecule has 1 aliphatic carbocycles. The number of aromatic nitrogens is 1. The number of carboxylic acids is 1. The van der Waals surface area contributed by atoms with Crippen molar-refractivity contribution in [3.05, 3.63) is 59.3 Å². The summed E-state index contributed by atoms with van der Waals surface area (Å²) in [6.45, 7) is 0. The van der Waals surface area contributed by atoms with Gasteiger partial charge in [0.25, 0.3) is 10.1 Å². The third-order valence-electron chi connectivity index (χ3n) is 4.71. The van der Waals surface area contributed by atoms with Crippen LogP contribution in [0.15, 0.2) is 47.4 Å². The van der Waals surface area contributed by atoms with E-state index in [1.165, 1.54) is 24.1 Å². The molecule has 0 atom stereocenters. The SMILES string of the molecule is Nc1c2c(nc3ccccc13)CCCC2.O=C(O)c1cc(S(=O)(=O)O)ccc1O. The van der Waals surface area contributed by atoms with Crippen LogP contribution in [0.1, 0.15) is 34.5 Å². The van der Waals surface area contributed by atoms with Gasteiger partial charge in [-0.2, -0.15) is 8.42 Å². The van der Waals surface area contributed by atoms with E-state index in [2.05, 4.69) is 6.07 Å². The number of hydrogen-bond donors (Lipinski definition) is 4. The van der Waals surface area contributed by atoms with Crippen LogP contribution in [0.25, 0.3) is 10.9 Å². The molecule has 1 aliphatic rings. The lowest BCUT2D eigenvalue weighted by atomic mass is 9.93. The van der Waals surface area contributed by atoms with E-state index < -0.39 is 32.3 Å². The Hall–Kier alpha value is -3.17. The number of anilines is 1. The number of rotatable bonds is 2. The number of aryl methyl sites for hydroxylation is 1. The summed E-state index contributed by atoms with van der Waals surface area (Å²) in [6.07, 6.45) is 4.68. The van der Waals surface area contributed by atoms with Crippen LogP contribution < -0.4 is 5.73 Å². The average molecular weight is 416 g/mol. The van der Waals surface area contributed by atoms with Crippen molar-refractivity contribution >= 4 is 32.7 Å². The lowest BCUT2D eigenvalue weighted by Crippen LogP contribution is -2.09. The monoisotopic (exact) mass is 416 g/mol. The normalized spacial score (nSPS) is 13.3. The third-order valence-corrected chi connectivity index (χ3v) is 5.56. The number of nitrogen functional groups attached to an aromatic ring is 1. The number of carboxylic acid groups (broad SMARTS) is 1. The summed E-state index contributed by atoms with van der Waals surface area (Å²) in [6, 6.07) is 10.6. The molecule has 0 unspecified atom stereocenters. The molecule has 0 spiro atoms. The second-order valence-corrected chi connectivity index (χ2v) is 8.06. The number of nitrogens with zero attached hydrogens (tertiary/aromatic N) is 1. The van der Waals surface area contributed by atoms with Crippen molar-refractivity contribution < 1.29 is 28.0 Å². The summed E-state index contributed by atoms with van der Waals surface area (Å²) in [5.74, 6) is -2.04. The number of fused-ring (bicyclic) bond motifs is 2. The van der Waals surface area contributed by atoms with E-state index >= 15 is 0 Å². The van der Waals surface area contributed by atoms with Gasteiger partial charge >= 0.3 is 5.97 Å². The molecule has 0 fully saturated rings. The van der Waals surface area contributed by atoms with Gasteiger partial charge in [-0.15, -0.1) is 0 Å². The molecule has 29 heavy (non-hydrogen) atoms. The molecule has 5 N–H and O–H groups in total. The smallest absolute Gasteiger partial charge is 0.339 e. The maximum Gasteiger partial charge on any atom is 0.339 e. The summed E-state index contributed by atoms with van der Waals surface area (Å²) in [7, 11) is -4.45. The Morgan fingerprint density at radius 1 is 1.07 bits per heavy atom. The molecule has 9 heteroatoms. The molecule has 152 valence electrons. The van der Waals surface area contributed by atoms with Crippen molar-refractivity contribution in [2.75, 3.05) is 5.73 Å². The van der Waals surface area contributed by atoms with E-state index in [9.17, 15) is 13.2 Å². The van der Waals surface area contributed by atoms with Crippen molar-refractivity contribution in [2.45, 2.75) is 30.6 Å². The van der Waals surface area contributed by atoms with Crippen LogP contribution in [0.2, 0.25) is 0 Å². The Morgan fingerprint density at radius 3 is 2.45 bits per heavy atom. The Morgan fingerprint density at radius 2 is 1.76 bits per heavy atom. The van der Waals surface area contributed by atoms with Crippen LogP contribution >= 0.6 is 0 Å². The van der Waals surface area contributed by atoms with E-state index in [0.29, 0.717) is 6.07 Å². The van der Waals surface area contributed by atoms with Gasteiger partial charge in [0.1, 0.15) is 11.3 Å². The number of pyridine rings is 1. The number of aromatic hydroxyl groups is 1. The molecule has 0 aliphatic heterocycles. The highest BCUT2D eigenvalue weighted by Crippen LogP contribution is 2.30.